The molecule has 0 radical (unpaired) electrons. The average molecular weight is 265 g/mol. The van der Waals surface area contributed by atoms with E-state index in [0.717, 1.165) is 6.42 Å². The first-order chi connectivity index (χ1) is 9.13. The van der Waals surface area contributed by atoms with Crippen LogP contribution in [0, 0.1) is 5.82 Å². The van der Waals surface area contributed by atoms with Crippen molar-refractivity contribution < 1.29 is 14.0 Å². The second-order valence-corrected chi connectivity index (χ2v) is 4.38. The number of hydrogen-bond acceptors (Lipinski definition) is 2. The van der Waals surface area contributed by atoms with Crippen LogP contribution in [0.5, 0.6) is 0 Å². The topological polar surface area (TPSA) is 61.4 Å². The number of halogens is 1. The second-order valence-electron chi connectivity index (χ2n) is 4.38. The summed E-state index contributed by atoms with van der Waals surface area (Å²) in [7, 11) is 1.54. The quantitative estimate of drug-likeness (QED) is 0.852. The van der Waals surface area contributed by atoms with Gasteiger partial charge in [0.2, 0.25) is 5.91 Å². The van der Waals surface area contributed by atoms with Crippen molar-refractivity contribution in [3.8, 4) is 0 Å². The van der Waals surface area contributed by atoms with Crippen molar-refractivity contribution in [3.05, 3.63) is 30.1 Å². The molecule has 5 nitrogen and oxygen atoms in total. The van der Waals surface area contributed by atoms with E-state index in [0.29, 0.717) is 13.0 Å². The first-order valence-electron chi connectivity index (χ1n) is 6.17. The molecule has 0 aromatic heterocycles. The van der Waals surface area contributed by atoms with Crippen molar-refractivity contribution >= 4 is 17.6 Å². The van der Waals surface area contributed by atoms with E-state index in [-0.39, 0.29) is 11.6 Å². The van der Waals surface area contributed by atoms with Gasteiger partial charge >= 0.3 is 6.03 Å². The van der Waals surface area contributed by atoms with Gasteiger partial charge < -0.3 is 15.5 Å². The van der Waals surface area contributed by atoms with Crippen LogP contribution in [0.25, 0.3) is 0 Å². The molecule has 0 bridgehead atoms. The molecule has 1 atom stereocenters. The molecule has 0 saturated carbocycles. The van der Waals surface area contributed by atoms with E-state index in [1.54, 1.807) is 12.1 Å². The van der Waals surface area contributed by atoms with Crippen LogP contribution in [0.2, 0.25) is 0 Å². The summed E-state index contributed by atoms with van der Waals surface area (Å²) < 4.78 is 13.4. The number of likely N-dealkylation sites (tertiary alicyclic amines) is 1. The lowest BCUT2D eigenvalue weighted by Crippen LogP contribution is -2.46. The van der Waals surface area contributed by atoms with E-state index in [1.165, 1.54) is 24.1 Å². The number of para-hydroxylation sites is 1. The minimum absolute atomic E-state index is 0.120. The standard InChI is InChI=1S/C13H16FN3O2/c1-15-12(18)11-7-4-8-17(11)13(19)16-10-6-3-2-5-9(10)14/h2-3,5-6,11H,4,7-8H2,1H3,(H,15,18)(H,16,19)/t11-/m1/s1. The van der Waals surface area contributed by atoms with Gasteiger partial charge in [0.25, 0.3) is 0 Å². The van der Waals surface area contributed by atoms with Crippen LogP contribution in [0.1, 0.15) is 12.8 Å². The Kier molecular flexibility index (Phi) is 3.99. The molecule has 1 aliphatic rings. The summed E-state index contributed by atoms with van der Waals surface area (Å²) in [5.74, 6) is -0.687. The van der Waals surface area contributed by atoms with Gasteiger partial charge in [0, 0.05) is 13.6 Å². The number of anilines is 1. The predicted molar refractivity (Wildman–Crippen MR) is 69.2 cm³/mol. The van der Waals surface area contributed by atoms with E-state index < -0.39 is 17.9 Å². The highest BCUT2D eigenvalue weighted by Gasteiger charge is 2.33. The van der Waals surface area contributed by atoms with Crippen LogP contribution in [-0.4, -0.2) is 36.5 Å². The second kappa shape index (κ2) is 5.69. The molecular formula is C13H16FN3O2. The Hall–Kier alpha value is -2.11. The van der Waals surface area contributed by atoms with Crippen LogP contribution in [-0.2, 0) is 4.79 Å². The Labute approximate surface area is 110 Å². The molecule has 102 valence electrons. The number of carbonyl (C=O) groups excluding carboxylic acids is 2. The summed E-state index contributed by atoms with van der Waals surface area (Å²) in [6.45, 7) is 0.498. The maximum absolute atomic E-state index is 13.4. The van der Waals surface area contributed by atoms with Crippen LogP contribution in [0.3, 0.4) is 0 Å². The summed E-state index contributed by atoms with van der Waals surface area (Å²) in [6.07, 6.45) is 1.40. The first kappa shape index (κ1) is 13.3. The van der Waals surface area contributed by atoms with Gasteiger partial charge in [-0.05, 0) is 25.0 Å². The highest BCUT2D eigenvalue weighted by atomic mass is 19.1. The summed E-state index contributed by atoms with van der Waals surface area (Å²) >= 11 is 0. The molecule has 3 amide bonds. The monoisotopic (exact) mass is 265 g/mol. The summed E-state index contributed by atoms with van der Waals surface area (Å²) in [5.41, 5.74) is 0.120. The lowest BCUT2D eigenvalue weighted by atomic mass is 10.2. The number of benzene rings is 1. The molecule has 0 aliphatic carbocycles. The van der Waals surface area contributed by atoms with E-state index >= 15 is 0 Å². The number of nitrogens with zero attached hydrogens (tertiary/aromatic N) is 1. The number of likely N-dealkylation sites (N-methyl/N-ethyl adjacent to an activating group) is 1. The van der Waals surface area contributed by atoms with Crippen molar-refractivity contribution in [3.63, 3.8) is 0 Å². The van der Waals surface area contributed by atoms with Crippen LogP contribution in [0.15, 0.2) is 24.3 Å². The van der Waals surface area contributed by atoms with Crippen LogP contribution in [0.4, 0.5) is 14.9 Å². The summed E-state index contributed by atoms with van der Waals surface area (Å²) in [4.78, 5) is 25.1. The molecule has 2 N–H and O–H groups in total. The van der Waals surface area contributed by atoms with Crippen LogP contribution < -0.4 is 10.6 Å². The zero-order valence-corrected chi connectivity index (χ0v) is 10.6. The number of amides is 3. The number of carbonyl (C=O) groups is 2. The zero-order chi connectivity index (χ0) is 13.8. The fourth-order valence-corrected chi connectivity index (χ4v) is 2.20. The fourth-order valence-electron chi connectivity index (χ4n) is 2.20. The molecule has 0 spiro atoms. The normalized spacial score (nSPS) is 18.2. The van der Waals surface area contributed by atoms with Gasteiger partial charge in [-0.15, -0.1) is 0 Å². The minimum Gasteiger partial charge on any atom is -0.357 e. The molecule has 6 heteroatoms. The van der Waals surface area contributed by atoms with E-state index in [4.69, 9.17) is 0 Å². The SMILES string of the molecule is CNC(=O)[C@H]1CCCN1C(=O)Nc1ccccc1F. The fraction of sp³-hybridized carbons (Fsp3) is 0.385. The molecule has 1 aliphatic heterocycles. The van der Waals surface area contributed by atoms with Crippen molar-refractivity contribution in [2.45, 2.75) is 18.9 Å². The molecule has 1 aromatic carbocycles. The molecule has 19 heavy (non-hydrogen) atoms. The van der Waals surface area contributed by atoms with E-state index in [9.17, 15) is 14.0 Å². The Morgan fingerprint density at radius 2 is 2.11 bits per heavy atom. The van der Waals surface area contributed by atoms with Crippen molar-refractivity contribution in [1.29, 1.82) is 0 Å². The van der Waals surface area contributed by atoms with Crippen molar-refractivity contribution in [2.75, 3.05) is 18.9 Å². The molecular weight excluding hydrogens is 249 g/mol. The van der Waals surface area contributed by atoms with Gasteiger partial charge in [0.15, 0.2) is 0 Å². The molecule has 1 heterocycles. The molecule has 0 unspecified atom stereocenters. The third kappa shape index (κ3) is 2.83. The maximum atomic E-state index is 13.4. The number of urea groups is 1. The van der Waals surface area contributed by atoms with E-state index in [1.807, 2.05) is 0 Å². The molecule has 2 rings (SSSR count). The van der Waals surface area contributed by atoms with E-state index in [2.05, 4.69) is 10.6 Å². The highest BCUT2D eigenvalue weighted by Crippen LogP contribution is 2.20. The largest absolute Gasteiger partial charge is 0.357 e. The van der Waals surface area contributed by atoms with Crippen molar-refractivity contribution in [2.24, 2.45) is 0 Å². The third-order valence-corrected chi connectivity index (χ3v) is 3.18. The first-order valence-corrected chi connectivity index (χ1v) is 6.17. The van der Waals surface area contributed by atoms with Gasteiger partial charge in [0.1, 0.15) is 11.9 Å². The van der Waals surface area contributed by atoms with Gasteiger partial charge in [-0.3, -0.25) is 4.79 Å². The molecule has 1 fully saturated rings. The molecule has 1 aromatic rings. The van der Waals surface area contributed by atoms with Gasteiger partial charge in [-0.25, -0.2) is 9.18 Å². The van der Waals surface area contributed by atoms with Gasteiger partial charge in [-0.1, -0.05) is 12.1 Å². The Morgan fingerprint density at radius 3 is 2.79 bits per heavy atom. The minimum atomic E-state index is -0.494. The zero-order valence-electron chi connectivity index (χ0n) is 10.6. The van der Waals surface area contributed by atoms with Gasteiger partial charge in [-0.2, -0.15) is 0 Å². The average Bonchev–Trinajstić information content (AvgIpc) is 2.90. The number of nitrogens with one attached hydrogen (secondary N) is 2. The highest BCUT2D eigenvalue weighted by molar-refractivity contribution is 5.94. The number of hydrogen-bond donors (Lipinski definition) is 2. The smallest absolute Gasteiger partial charge is 0.322 e. The predicted octanol–water partition coefficient (Wildman–Crippen LogP) is 1.57. The lowest BCUT2D eigenvalue weighted by molar-refractivity contribution is -0.124. The third-order valence-electron chi connectivity index (χ3n) is 3.18. The lowest BCUT2D eigenvalue weighted by Gasteiger charge is -2.23. The van der Waals surface area contributed by atoms with Crippen LogP contribution >= 0.6 is 0 Å². The maximum Gasteiger partial charge on any atom is 0.322 e. The number of rotatable bonds is 2. The van der Waals surface area contributed by atoms with Crippen molar-refractivity contribution in [1.82, 2.24) is 10.2 Å². The Bertz CT molecular complexity index is 493. The molecule has 1 saturated heterocycles. The summed E-state index contributed by atoms with van der Waals surface area (Å²) in [5, 5.41) is 5.03. The van der Waals surface area contributed by atoms with Gasteiger partial charge in [0.05, 0.1) is 5.69 Å². The Morgan fingerprint density at radius 1 is 1.37 bits per heavy atom. The summed E-state index contributed by atoms with van der Waals surface area (Å²) in [6, 6.07) is 5.02. The Balaban J connectivity index is 2.07.